The van der Waals surface area contributed by atoms with Crippen molar-refractivity contribution >= 4 is 0 Å². The molecule has 6 heteroatoms. The minimum absolute atomic E-state index is 0.242. The number of aromatic nitrogens is 2. The van der Waals surface area contributed by atoms with E-state index >= 15 is 0 Å². The zero-order valence-corrected chi connectivity index (χ0v) is 10.2. The minimum atomic E-state index is 0.242. The third kappa shape index (κ3) is 1.84. The molecule has 1 aromatic heterocycles. The van der Waals surface area contributed by atoms with Gasteiger partial charge in [0.05, 0.1) is 6.61 Å². The van der Waals surface area contributed by atoms with Crippen molar-refractivity contribution in [2.75, 3.05) is 20.0 Å². The molecule has 0 saturated carbocycles. The molecule has 0 radical (unpaired) electrons. The summed E-state index contributed by atoms with van der Waals surface area (Å²) in [5, 5.41) is 4.03. The number of nitrogens with zero attached hydrogens (tertiary/aromatic N) is 2. The van der Waals surface area contributed by atoms with Gasteiger partial charge in [0.25, 0.3) is 5.89 Å². The van der Waals surface area contributed by atoms with E-state index in [1.165, 1.54) is 0 Å². The Kier molecular flexibility index (Phi) is 2.41. The van der Waals surface area contributed by atoms with Crippen molar-refractivity contribution in [3.8, 4) is 23.0 Å². The summed E-state index contributed by atoms with van der Waals surface area (Å²) >= 11 is 0. The van der Waals surface area contributed by atoms with Crippen LogP contribution < -0.4 is 9.47 Å². The molecule has 0 spiro atoms. The Morgan fingerprint density at radius 3 is 3.00 bits per heavy atom. The van der Waals surface area contributed by atoms with E-state index in [0.29, 0.717) is 24.1 Å². The zero-order chi connectivity index (χ0) is 12.7. The number of fused-ring (bicyclic) bond motifs is 1. The standard InChI is InChI=1S/C13H12N2O4/c1-2-10-11(18-7-17-10)5-8(1)13-14-12(15-19-13)9-3-4-16-6-9/h1-2,5,9H,3-4,6-7H2. The van der Waals surface area contributed by atoms with E-state index in [4.69, 9.17) is 18.7 Å². The molecule has 0 bridgehead atoms. The number of ether oxygens (including phenoxy) is 3. The molecule has 2 aromatic rings. The average molecular weight is 260 g/mol. The molecule has 1 aromatic carbocycles. The van der Waals surface area contributed by atoms with Crippen LogP contribution in [0.25, 0.3) is 11.5 Å². The average Bonchev–Trinajstić information content (AvgIpc) is 3.18. The Bertz CT molecular complexity index is 604. The van der Waals surface area contributed by atoms with Crippen LogP contribution >= 0.6 is 0 Å². The summed E-state index contributed by atoms with van der Waals surface area (Å²) in [4.78, 5) is 4.43. The first-order valence-electron chi connectivity index (χ1n) is 6.21. The van der Waals surface area contributed by atoms with Crippen molar-refractivity contribution in [1.29, 1.82) is 0 Å². The lowest BCUT2D eigenvalue weighted by molar-refractivity contribution is 0.174. The number of benzene rings is 1. The lowest BCUT2D eigenvalue weighted by Crippen LogP contribution is -1.99. The summed E-state index contributed by atoms with van der Waals surface area (Å²) in [5.41, 5.74) is 0.835. The van der Waals surface area contributed by atoms with Crippen LogP contribution in [0, 0.1) is 0 Å². The maximum Gasteiger partial charge on any atom is 0.258 e. The molecule has 1 atom stereocenters. The summed E-state index contributed by atoms with van der Waals surface area (Å²) in [5.74, 6) is 2.91. The van der Waals surface area contributed by atoms with Crippen molar-refractivity contribution in [3.63, 3.8) is 0 Å². The van der Waals surface area contributed by atoms with E-state index in [-0.39, 0.29) is 12.7 Å². The van der Waals surface area contributed by atoms with Crippen LogP contribution in [0.5, 0.6) is 11.5 Å². The highest BCUT2D eigenvalue weighted by Gasteiger charge is 2.24. The van der Waals surface area contributed by atoms with Gasteiger partial charge in [-0.3, -0.25) is 0 Å². The van der Waals surface area contributed by atoms with Crippen molar-refractivity contribution in [3.05, 3.63) is 24.0 Å². The van der Waals surface area contributed by atoms with Gasteiger partial charge in [-0.1, -0.05) is 5.16 Å². The van der Waals surface area contributed by atoms with Gasteiger partial charge in [0.2, 0.25) is 6.79 Å². The Morgan fingerprint density at radius 1 is 1.16 bits per heavy atom. The van der Waals surface area contributed by atoms with E-state index in [2.05, 4.69) is 10.1 Å². The first kappa shape index (κ1) is 10.8. The topological polar surface area (TPSA) is 66.6 Å². The summed E-state index contributed by atoms with van der Waals surface area (Å²) in [7, 11) is 0. The van der Waals surface area contributed by atoms with Gasteiger partial charge in [0.15, 0.2) is 17.3 Å². The Labute approximate surface area is 109 Å². The predicted molar refractivity (Wildman–Crippen MR) is 64.0 cm³/mol. The quantitative estimate of drug-likeness (QED) is 0.822. The van der Waals surface area contributed by atoms with Crippen molar-refractivity contribution < 1.29 is 18.7 Å². The van der Waals surface area contributed by atoms with Crippen molar-refractivity contribution in [2.24, 2.45) is 0 Å². The summed E-state index contributed by atoms with van der Waals surface area (Å²) in [6.07, 6.45) is 0.945. The van der Waals surface area contributed by atoms with Crippen LogP contribution in [0.2, 0.25) is 0 Å². The van der Waals surface area contributed by atoms with Crippen molar-refractivity contribution in [2.45, 2.75) is 12.3 Å². The van der Waals surface area contributed by atoms with Gasteiger partial charge in [-0.25, -0.2) is 0 Å². The number of rotatable bonds is 2. The molecule has 0 amide bonds. The molecule has 1 unspecified atom stereocenters. The lowest BCUT2D eigenvalue weighted by atomic mass is 10.1. The molecule has 6 nitrogen and oxygen atoms in total. The Morgan fingerprint density at radius 2 is 2.11 bits per heavy atom. The fourth-order valence-corrected chi connectivity index (χ4v) is 2.29. The molecule has 0 aliphatic carbocycles. The highest BCUT2D eigenvalue weighted by molar-refractivity contribution is 5.60. The molecule has 19 heavy (non-hydrogen) atoms. The van der Waals surface area contributed by atoms with Crippen LogP contribution in [-0.4, -0.2) is 30.1 Å². The molecule has 98 valence electrons. The monoisotopic (exact) mass is 260 g/mol. The Balaban J connectivity index is 1.65. The smallest absolute Gasteiger partial charge is 0.258 e. The first-order valence-corrected chi connectivity index (χ1v) is 6.21. The van der Waals surface area contributed by atoms with Gasteiger partial charge >= 0.3 is 0 Å². The van der Waals surface area contributed by atoms with Crippen LogP contribution in [0.4, 0.5) is 0 Å². The van der Waals surface area contributed by atoms with E-state index < -0.39 is 0 Å². The van der Waals surface area contributed by atoms with Crippen molar-refractivity contribution in [1.82, 2.24) is 10.1 Å². The third-order valence-corrected chi connectivity index (χ3v) is 3.36. The predicted octanol–water partition coefficient (Wildman–Crippen LogP) is 1.97. The molecule has 1 fully saturated rings. The maximum atomic E-state index is 5.34. The van der Waals surface area contributed by atoms with Crippen LogP contribution in [-0.2, 0) is 4.74 Å². The van der Waals surface area contributed by atoms with Gasteiger partial charge in [0.1, 0.15) is 0 Å². The molecule has 3 heterocycles. The van der Waals surface area contributed by atoms with Gasteiger partial charge < -0.3 is 18.7 Å². The molecule has 0 N–H and O–H groups in total. The fourth-order valence-electron chi connectivity index (χ4n) is 2.29. The van der Waals surface area contributed by atoms with E-state index in [9.17, 15) is 0 Å². The second-order valence-corrected chi connectivity index (χ2v) is 4.59. The highest BCUT2D eigenvalue weighted by atomic mass is 16.7. The largest absolute Gasteiger partial charge is 0.454 e. The molecular formula is C13H12N2O4. The van der Waals surface area contributed by atoms with Gasteiger partial charge in [0, 0.05) is 18.1 Å². The molecule has 2 aliphatic heterocycles. The molecular weight excluding hydrogens is 248 g/mol. The van der Waals surface area contributed by atoms with E-state index in [1.807, 2.05) is 18.2 Å². The first-order chi connectivity index (χ1) is 9.40. The SMILES string of the molecule is c1cc2c(cc1-c1nc(C3CCOC3)no1)OCO2. The summed E-state index contributed by atoms with van der Waals surface area (Å²) in [6.45, 7) is 1.69. The zero-order valence-electron chi connectivity index (χ0n) is 10.2. The summed E-state index contributed by atoms with van der Waals surface area (Å²) < 4.78 is 21.2. The highest BCUT2D eigenvalue weighted by Crippen LogP contribution is 2.35. The fraction of sp³-hybridized carbons (Fsp3) is 0.385. The minimum Gasteiger partial charge on any atom is -0.454 e. The molecule has 4 rings (SSSR count). The van der Waals surface area contributed by atoms with Crippen LogP contribution in [0.3, 0.4) is 0 Å². The molecule has 1 saturated heterocycles. The van der Waals surface area contributed by atoms with Crippen LogP contribution in [0.1, 0.15) is 18.2 Å². The second-order valence-electron chi connectivity index (χ2n) is 4.59. The van der Waals surface area contributed by atoms with Gasteiger partial charge in [-0.15, -0.1) is 0 Å². The van der Waals surface area contributed by atoms with Crippen LogP contribution in [0.15, 0.2) is 22.7 Å². The maximum absolute atomic E-state index is 5.34. The molecule has 2 aliphatic rings. The lowest BCUT2D eigenvalue weighted by Gasteiger charge is -1.98. The van der Waals surface area contributed by atoms with E-state index in [1.54, 1.807) is 0 Å². The Hall–Kier alpha value is -2.08. The third-order valence-electron chi connectivity index (χ3n) is 3.36. The van der Waals surface area contributed by atoms with E-state index in [0.717, 1.165) is 24.3 Å². The second kappa shape index (κ2) is 4.24. The normalized spacial score (nSPS) is 20.9. The number of hydrogen-bond donors (Lipinski definition) is 0. The summed E-state index contributed by atoms with van der Waals surface area (Å²) in [6, 6.07) is 5.58. The van der Waals surface area contributed by atoms with Gasteiger partial charge in [-0.05, 0) is 24.6 Å². The van der Waals surface area contributed by atoms with Gasteiger partial charge in [-0.2, -0.15) is 4.98 Å². The number of hydrogen-bond acceptors (Lipinski definition) is 6.